The number of rotatable bonds is 3. The highest BCUT2D eigenvalue weighted by molar-refractivity contribution is 5.95. The zero-order valence-corrected chi connectivity index (χ0v) is 12.4. The lowest BCUT2D eigenvalue weighted by Crippen LogP contribution is -2.18. The lowest BCUT2D eigenvalue weighted by molar-refractivity contribution is -0.115. The predicted molar refractivity (Wildman–Crippen MR) is 85.8 cm³/mol. The summed E-state index contributed by atoms with van der Waals surface area (Å²) in [4.78, 5) is 23.9. The van der Waals surface area contributed by atoms with E-state index in [0.717, 1.165) is 0 Å². The number of fused-ring (bicyclic) bond motifs is 1. The minimum atomic E-state index is -0.379. The van der Waals surface area contributed by atoms with Crippen molar-refractivity contribution in [1.29, 1.82) is 0 Å². The fourth-order valence-electron chi connectivity index (χ4n) is 2.33. The van der Waals surface area contributed by atoms with Crippen molar-refractivity contribution in [3.8, 4) is 0 Å². The summed E-state index contributed by atoms with van der Waals surface area (Å²) in [6.07, 6.45) is -0.0210. The Morgan fingerprint density at radius 2 is 1.96 bits per heavy atom. The van der Waals surface area contributed by atoms with Crippen molar-refractivity contribution in [2.75, 3.05) is 5.32 Å². The summed E-state index contributed by atoms with van der Waals surface area (Å²) >= 11 is 0. The summed E-state index contributed by atoms with van der Waals surface area (Å²) in [5.74, 6) is -0.714. The highest BCUT2D eigenvalue weighted by Gasteiger charge is 2.11. The van der Waals surface area contributed by atoms with Crippen LogP contribution in [0.5, 0.6) is 0 Å². The molecule has 23 heavy (non-hydrogen) atoms. The minimum Gasteiger partial charge on any atom is -0.326 e. The summed E-state index contributed by atoms with van der Waals surface area (Å²) in [5, 5.41) is 10.1. The number of hydrogen-bond acceptors (Lipinski definition) is 3. The van der Waals surface area contributed by atoms with Crippen LogP contribution in [0.15, 0.2) is 47.3 Å². The van der Waals surface area contributed by atoms with Crippen molar-refractivity contribution in [1.82, 2.24) is 10.2 Å². The normalized spacial score (nSPS) is 10.7. The van der Waals surface area contributed by atoms with Crippen molar-refractivity contribution in [3.05, 3.63) is 69.9 Å². The smallest absolute Gasteiger partial charge is 0.272 e. The lowest BCUT2D eigenvalue weighted by Gasteiger charge is -2.07. The first-order valence-corrected chi connectivity index (χ1v) is 7.07. The van der Waals surface area contributed by atoms with Gasteiger partial charge in [-0.1, -0.05) is 24.3 Å². The first-order chi connectivity index (χ1) is 11.0. The van der Waals surface area contributed by atoms with Gasteiger partial charge in [-0.15, -0.1) is 0 Å². The molecule has 1 aromatic heterocycles. The lowest BCUT2D eigenvalue weighted by atomic mass is 10.1. The van der Waals surface area contributed by atoms with Crippen molar-refractivity contribution >= 4 is 22.4 Å². The number of aryl methyl sites for hydroxylation is 1. The molecule has 3 rings (SSSR count). The van der Waals surface area contributed by atoms with Crippen LogP contribution in [0.25, 0.3) is 10.8 Å². The number of aromatic nitrogens is 2. The largest absolute Gasteiger partial charge is 0.326 e. The van der Waals surface area contributed by atoms with Crippen LogP contribution in [0.2, 0.25) is 0 Å². The Bertz CT molecular complexity index is 950. The number of anilines is 1. The number of aromatic amines is 1. The molecule has 0 aliphatic carbocycles. The quantitative estimate of drug-likeness (QED) is 0.780. The molecule has 116 valence electrons. The van der Waals surface area contributed by atoms with Gasteiger partial charge in [0.15, 0.2) is 0 Å². The van der Waals surface area contributed by atoms with Gasteiger partial charge in [-0.2, -0.15) is 5.10 Å². The van der Waals surface area contributed by atoms with Crippen LogP contribution in [-0.2, 0) is 11.2 Å². The van der Waals surface area contributed by atoms with Gasteiger partial charge >= 0.3 is 0 Å². The third kappa shape index (κ3) is 3.11. The van der Waals surface area contributed by atoms with Gasteiger partial charge in [-0.05, 0) is 30.7 Å². The molecular formula is C17H14FN3O2. The van der Waals surface area contributed by atoms with Crippen molar-refractivity contribution in [3.63, 3.8) is 0 Å². The molecule has 0 unspecified atom stereocenters. The number of carbonyl (C=O) groups is 1. The number of nitrogens with one attached hydrogen (secondary N) is 2. The summed E-state index contributed by atoms with van der Waals surface area (Å²) in [6, 6.07) is 11.4. The van der Waals surface area contributed by atoms with E-state index in [1.165, 1.54) is 6.07 Å². The molecule has 2 N–H and O–H groups in total. The van der Waals surface area contributed by atoms with E-state index >= 15 is 0 Å². The summed E-state index contributed by atoms with van der Waals surface area (Å²) < 4.78 is 13.5. The molecule has 0 fully saturated rings. The average Bonchev–Trinajstić information content (AvgIpc) is 2.54. The molecule has 1 heterocycles. The van der Waals surface area contributed by atoms with Crippen LogP contribution in [0.3, 0.4) is 0 Å². The molecule has 6 heteroatoms. The number of benzene rings is 2. The number of nitrogens with zero attached hydrogens (tertiary/aromatic N) is 1. The van der Waals surface area contributed by atoms with E-state index in [0.29, 0.717) is 27.7 Å². The number of H-pyrrole nitrogens is 1. The summed E-state index contributed by atoms with van der Waals surface area (Å²) in [5.41, 5.74) is 1.05. The SMILES string of the molecule is Cc1ccc(NC(=O)Cc2n[nH]c(=O)c3ccccc23)cc1F. The van der Waals surface area contributed by atoms with Crippen molar-refractivity contribution in [2.45, 2.75) is 13.3 Å². The first-order valence-electron chi connectivity index (χ1n) is 7.07. The maximum Gasteiger partial charge on any atom is 0.272 e. The summed E-state index contributed by atoms with van der Waals surface area (Å²) in [6.45, 7) is 1.65. The Morgan fingerprint density at radius 1 is 1.22 bits per heavy atom. The Balaban J connectivity index is 1.84. The Labute approximate surface area is 131 Å². The molecule has 3 aromatic rings. The van der Waals surface area contributed by atoms with E-state index in [4.69, 9.17) is 0 Å². The fourth-order valence-corrected chi connectivity index (χ4v) is 2.33. The molecule has 0 spiro atoms. The van der Waals surface area contributed by atoms with Gasteiger partial charge < -0.3 is 5.32 Å². The van der Waals surface area contributed by atoms with Gasteiger partial charge in [-0.25, -0.2) is 9.49 Å². The zero-order valence-electron chi connectivity index (χ0n) is 12.4. The standard InChI is InChI=1S/C17H14FN3O2/c1-10-6-7-11(8-14(10)18)19-16(22)9-15-12-4-2-3-5-13(12)17(23)21-20-15/h2-8H,9H2,1H3,(H,19,22)(H,21,23). The Hall–Kier alpha value is -3.02. The van der Waals surface area contributed by atoms with Gasteiger partial charge in [0.2, 0.25) is 5.91 Å². The highest BCUT2D eigenvalue weighted by Crippen LogP contribution is 2.16. The van der Waals surface area contributed by atoms with Crippen LogP contribution in [0, 0.1) is 12.7 Å². The van der Waals surface area contributed by atoms with E-state index in [2.05, 4.69) is 15.5 Å². The maximum absolute atomic E-state index is 13.5. The van der Waals surface area contributed by atoms with E-state index in [-0.39, 0.29) is 23.7 Å². The molecule has 1 amide bonds. The first kappa shape index (κ1) is 14.9. The Kier molecular flexibility index (Phi) is 3.89. The fraction of sp³-hybridized carbons (Fsp3) is 0.118. The molecule has 0 bridgehead atoms. The number of halogens is 1. The molecule has 5 nitrogen and oxygen atoms in total. The van der Waals surface area contributed by atoms with E-state index < -0.39 is 0 Å². The van der Waals surface area contributed by atoms with Gasteiger partial charge in [0.1, 0.15) is 5.82 Å². The molecule has 0 aliphatic heterocycles. The van der Waals surface area contributed by atoms with E-state index in [9.17, 15) is 14.0 Å². The second-order valence-corrected chi connectivity index (χ2v) is 5.23. The minimum absolute atomic E-state index is 0.0210. The maximum atomic E-state index is 13.5. The average molecular weight is 311 g/mol. The third-order valence-corrected chi connectivity index (χ3v) is 3.56. The van der Waals surface area contributed by atoms with Crippen LogP contribution >= 0.6 is 0 Å². The summed E-state index contributed by atoms with van der Waals surface area (Å²) in [7, 11) is 0. The second-order valence-electron chi connectivity index (χ2n) is 5.23. The number of amides is 1. The van der Waals surface area contributed by atoms with E-state index in [1.807, 2.05) is 0 Å². The number of hydrogen-bond donors (Lipinski definition) is 2. The number of carbonyl (C=O) groups excluding carboxylic acids is 1. The van der Waals surface area contributed by atoms with Gasteiger partial charge in [-0.3, -0.25) is 9.59 Å². The topological polar surface area (TPSA) is 74.8 Å². The van der Waals surface area contributed by atoms with Gasteiger partial charge in [0.25, 0.3) is 5.56 Å². The van der Waals surface area contributed by atoms with Crippen molar-refractivity contribution < 1.29 is 9.18 Å². The monoisotopic (exact) mass is 311 g/mol. The van der Waals surface area contributed by atoms with Crippen LogP contribution in [0.1, 0.15) is 11.3 Å². The molecule has 0 radical (unpaired) electrons. The van der Waals surface area contributed by atoms with Gasteiger partial charge in [0, 0.05) is 11.1 Å². The van der Waals surface area contributed by atoms with Gasteiger partial charge in [0.05, 0.1) is 17.5 Å². The Morgan fingerprint density at radius 3 is 2.70 bits per heavy atom. The van der Waals surface area contributed by atoms with Crippen LogP contribution in [0.4, 0.5) is 10.1 Å². The molecular weight excluding hydrogens is 297 g/mol. The highest BCUT2D eigenvalue weighted by atomic mass is 19.1. The predicted octanol–water partition coefficient (Wildman–Crippen LogP) is 2.55. The zero-order chi connectivity index (χ0) is 16.4. The third-order valence-electron chi connectivity index (χ3n) is 3.56. The molecule has 0 atom stereocenters. The van der Waals surface area contributed by atoms with Crippen LogP contribution in [-0.4, -0.2) is 16.1 Å². The molecule has 0 saturated carbocycles. The molecule has 0 saturated heterocycles. The van der Waals surface area contributed by atoms with E-state index in [1.54, 1.807) is 43.3 Å². The van der Waals surface area contributed by atoms with Crippen molar-refractivity contribution in [2.24, 2.45) is 0 Å². The molecule has 2 aromatic carbocycles. The van der Waals surface area contributed by atoms with Crippen LogP contribution < -0.4 is 10.9 Å². The second kappa shape index (κ2) is 6.00. The molecule has 0 aliphatic rings.